The summed E-state index contributed by atoms with van der Waals surface area (Å²) in [5.41, 5.74) is 5.61. The third-order valence-corrected chi connectivity index (χ3v) is 1.54. The molecule has 2 unspecified atom stereocenters. The highest BCUT2D eigenvalue weighted by molar-refractivity contribution is 7.13. The number of nitrogens with zero attached hydrogens (tertiary/aromatic N) is 1. The van der Waals surface area contributed by atoms with Crippen LogP contribution in [0, 0.1) is 5.92 Å². The lowest BCUT2D eigenvalue weighted by atomic mass is 10.2. The van der Waals surface area contributed by atoms with Crippen molar-refractivity contribution in [3.8, 4) is 0 Å². The fraction of sp³-hybridized carbons (Fsp3) is 1.00. The van der Waals surface area contributed by atoms with Gasteiger partial charge in [0, 0.05) is 19.1 Å². The molecule has 0 spiro atoms. The van der Waals surface area contributed by atoms with Gasteiger partial charge in [-0.05, 0) is 12.8 Å². The van der Waals surface area contributed by atoms with Crippen molar-refractivity contribution in [2.24, 2.45) is 11.7 Å². The summed E-state index contributed by atoms with van der Waals surface area (Å²) in [4.78, 5) is 0. The first-order chi connectivity index (χ1) is 4.52. The lowest BCUT2D eigenvalue weighted by Crippen LogP contribution is -2.31. The van der Waals surface area contributed by atoms with E-state index in [4.69, 9.17) is 5.73 Å². The van der Waals surface area contributed by atoms with E-state index in [0.29, 0.717) is 0 Å². The van der Waals surface area contributed by atoms with Gasteiger partial charge in [0.25, 0.3) is 0 Å². The molecule has 2 N–H and O–H groups in total. The molecule has 0 aliphatic rings. The summed E-state index contributed by atoms with van der Waals surface area (Å²) >= 11 is 0. The molecule has 2 nitrogen and oxygen atoms in total. The van der Waals surface area contributed by atoms with Crippen molar-refractivity contribution in [2.75, 3.05) is 13.1 Å². The van der Waals surface area contributed by atoms with Crippen molar-refractivity contribution < 1.29 is 0 Å². The van der Waals surface area contributed by atoms with Crippen LogP contribution in [0.3, 0.4) is 0 Å². The molecule has 62 valence electrons. The quantitative estimate of drug-likeness (QED) is 0.627. The molecule has 0 aromatic rings. The minimum Gasteiger partial charge on any atom is -0.327 e. The molecule has 0 aliphatic heterocycles. The molecule has 0 aromatic carbocycles. The van der Waals surface area contributed by atoms with Gasteiger partial charge in [0.15, 0.2) is 0 Å². The van der Waals surface area contributed by atoms with E-state index >= 15 is 0 Å². The van der Waals surface area contributed by atoms with E-state index in [9.17, 15) is 0 Å². The zero-order valence-electron chi connectivity index (χ0n) is 7.17. The van der Waals surface area contributed by atoms with Gasteiger partial charge in [0.2, 0.25) is 0 Å². The molecule has 0 amide bonds. The molecule has 3 heteroatoms. The normalized spacial score (nSPS) is 14.7. The summed E-state index contributed by atoms with van der Waals surface area (Å²) in [6, 6.07) is 0.274. The zero-order valence-corrected chi connectivity index (χ0v) is 8.33. The van der Waals surface area contributed by atoms with Crippen molar-refractivity contribution in [1.82, 2.24) is 4.67 Å². The van der Waals surface area contributed by atoms with E-state index < -0.39 is 0 Å². The molecule has 0 bridgehead atoms. The Morgan fingerprint density at radius 1 is 1.30 bits per heavy atom. The summed E-state index contributed by atoms with van der Waals surface area (Å²) in [7, 11) is 2.70. The maximum absolute atomic E-state index is 5.61. The van der Waals surface area contributed by atoms with Crippen LogP contribution in [0.25, 0.3) is 0 Å². The van der Waals surface area contributed by atoms with Gasteiger partial charge in [-0.15, -0.1) is 0 Å². The molecule has 0 saturated carbocycles. The summed E-state index contributed by atoms with van der Waals surface area (Å²) in [6.45, 7) is 8.50. The van der Waals surface area contributed by atoms with Gasteiger partial charge >= 0.3 is 0 Å². The number of hydrogen-bond donors (Lipinski definition) is 1. The molecule has 2 atom stereocenters. The molecular formula is C7H19N2P. The Bertz CT molecular complexity index is 73.7. The van der Waals surface area contributed by atoms with Crippen LogP contribution in [0.4, 0.5) is 0 Å². The van der Waals surface area contributed by atoms with E-state index in [-0.39, 0.29) is 6.04 Å². The molecule has 0 fully saturated rings. The fourth-order valence-electron chi connectivity index (χ4n) is 0.913. The predicted octanol–water partition coefficient (Wildman–Crippen LogP) is 1.08. The molecule has 0 rings (SSSR count). The largest absolute Gasteiger partial charge is 0.327 e. The van der Waals surface area contributed by atoms with Crippen molar-refractivity contribution in [3.05, 3.63) is 0 Å². The van der Waals surface area contributed by atoms with Crippen molar-refractivity contribution in [1.29, 1.82) is 0 Å². The van der Waals surface area contributed by atoms with Crippen LogP contribution < -0.4 is 5.73 Å². The first-order valence-corrected chi connectivity index (χ1v) is 4.29. The highest BCUT2D eigenvalue weighted by atomic mass is 31.0. The molecule has 0 aromatic heterocycles. The summed E-state index contributed by atoms with van der Waals surface area (Å²) < 4.78 is 2.19. The topological polar surface area (TPSA) is 29.3 Å². The molecule has 10 heavy (non-hydrogen) atoms. The van der Waals surface area contributed by atoms with Gasteiger partial charge in [-0.1, -0.05) is 23.2 Å². The molecular weight excluding hydrogens is 143 g/mol. The summed E-state index contributed by atoms with van der Waals surface area (Å²) in [5, 5.41) is 0. The van der Waals surface area contributed by atoms with Crippen molar-refractivity contribution in [3.63, 3.8) is 0 Å². The SMILES string of the molecule is CC(C)CN(P)CC(C)N. The van der Waals surface area contributed by atoms with Crippen LogP contribution in [0.1, 0.15) is 20.8 Å². The third kappa shape index (κ3) is 6.47. The van der Waals surface area contributed by atoms with E-state index in [1.807, 2.05) is 6.92 Å². The number of rotatable bonds is 4. The van der Waals surface area contributed by atoms with Crippen LogP contribution in [0.5, 0.6) is 0 Å². The number of nitrogens with two attached hydrogens (primary N) is 1. The van der Waals surface area contributed by atoms with Gasteiger partial charge < -0.3 is 5.73 Å². The second-order valence-corrected chi connectivity index (χ2v) is 4.06. The lowest BCUT2D eigenvalue weighted by Gasteiger charge is -2.20. The van der Waals surface area contributed by atoms with Crippen LogP contribution in [-0.2, 0) is 0 Å². The number of hydrogen-bond acceptors (Lipinski definition) is 2. The monoisotopic (exact) mass is 162 g/mol. The molecule has 0 radical (unpaired) electrons. The Morgan fingerprint density at radius 3 is 2.10 bits per heavy atom. The van der Waals surface area contributed by atoms with Crippen molar-refractivity contribution >= 4 is 9.39 Å². The van der Waals surface area contributed by atoms with Gasteiger partial charge in [0.1, 0.15) is 0 Å². The Morgan fingerprint density at radius 2 is 1.80 bits per heavy atom. The molecule has 0 aliphatic carbocycles. The predicted molar refractivity (Wildman–Crippen MR) is 49.8 cm³/mol. The fourth-order valence-corrected chi connectivity index (χ4v) is 1.67. The maximum Gasteiger partial charge on any atom is 0.0166 e. The van der Waals surface area contributed by atoms with Crippen LogP contribution >= 0.6 is 9.39 Å². The van der Waals surface area contributed by atoms with E-state index in [2.05, 4.69) is 27.9 Å². The third-order valence-electron chi connectivity index (χ3n) is 1.12. The minimum atomic E-state index is 0.274. The highest BCUT2D eigenvalue weighted by Crippen LogP contribution is 2.04. The van der Waals surface area contributed by atoms with E-state index in [1.54, 1.807) is 0 Å². The standard InChI is InChI=1S/C7H19N2P/c1-6(2)4-9(10)5-7(3)8/h6-7H,4-5,8,10H2,1-3H3. The van der Waals surface area contributed by atoms with Crippen LogP contribution in [0.15, 0.2) is 0 Å². The molecule has 0 heterocycles. The first kappa shape index (κ1) is 10.3. The Labute approximate surface area is 66.4 Å². The highest BCUT2D eigenvalue weighted by Gasteiger charge is 2.03. The first-order valence-electron chi connectivity index (χ1n) is 3.77. The second-order valence-electron chi connectivity index (χ2n) is 3.33. The van der Waals surface area contributed by atoms with Crippen LogP contribution in [0.2, 0.25) is 0 Å². The Kier molecular flexibility index (Phi) is 5.24. The van der Waals surface area contributed by atoms with Gasteiger partial charge in [0.05, 0.1) is 0 Å². The smallest absolute Gasteiger partial charge is 0.0166 e. The minimum absolute atomic E-state index is 0.274. The second kappa shape index (κ2) is 5.06. The van der Waals surface area contributed by atoms with E-state index in [0.717, 1.165) is 19.0 Å². The van der Waals surface area contributed by atoms with Crippen LogP contribution in [-0.4, -0.2) is 23.8 Å². The Hall–Kier alpha value is 0.350. The van der Waals surface area contributed by atoms with Crippen molar-refractivity contribution in [2.45, 2.75) is 26.8 Å². The average molecular weight is 162 g/mol. The van der Waals surface area contributed by atoms with Gasteiger partial charge in [-0.25, -0.2) is 0 Å². The van der Waals surface area contributed by atoms with Gasteiger partial charge in [-0.2, -0.15) is 0 Å². The van der Waals surface area contributed by atoms with E-state index in [1.165, 1.54) is 0 Å². The van der Waals surface area contributed by atoms with Gasteiger partial charge in [-0.3, -0.25) is 4.67 Å². The molecule has 0 saturated heterocycles. The average Bonchev–Trinajstić information content (AvgIpc) is 1.58. The summed E-state index contributed by atoms with van der Waals surface area (Å²) in [5.74, 6) is 0.719. The maximum atomic E-state index is 5.61. The zero-order chi connectivity index (χ0) is 8.15. The Balaban J connectivity index is 3.34. The summed E-state index contributed by atoms with van der Waals surface area (Å²) in [6.07, 6.45) is 0. The lowest BCUT2D eigenvalue weighted by molar-refractivity contribution is 0.386.